The molecule has 0 rings (SSSR count). The maximum Gasteiger partial charge on any atom is 0.237 e. The zero-order chi connectivity index (χ0) is 12.9. The third-order valence-electron chi connectivity index (χ3n) is 2.32. The van der Waals surface area contributed by atoms with Gasteiger partial charge in [0.2, 0.25) is 5.91 Å². The van der Waals surface area contributed by atoms with Crippen molar-refractivity contribution in [1.29, 1.82) is 5.26 Å². The molecule has 0 aliphatic rings. The molecule has 0 radical (unpaired) electrons. The van der Waals surface area contributed by atoms with E-state index < -0.39 is 0 Å². The number of amides is 1. The Morgan fingerprint density at radius 2 is 1.94 bits per heavy atom. The first-order chi connectivity index (χ1) is 7.17. The van der Waals surface area contributed by atoms with Crippen molar-refractivity contribution in [2.45, 2.75) is 46.2 Å². The van der Waals surface area contributed by atoms with Crippen molar-refractivity contribution < 1.29 is 4.79 Å². The van der Waals surface area contributed by atoms with E-state index in [0.717, 1.165) is 0 Å². The van der Waals surface area contributed by atoms with Crippen molar-refractivity contribution in [2.75, 3.05) is 13.6 Å². The van der Waals surface area contributed by atoms with E-state index in [9.17, 15) is 4.79 Å². The molecule has 0 aromatic heterocycles. The summed E-state index contributed by atoms with van der Waals surface area (Å²) in [5.41, 5.74) is -0.215. The summed E-state index contributed by atoms with van der Waals surface area (Å²) in [4.78, 5) is 13.7. The van der Waals surface area contributed by atoms with E-state index >= 15 is 0 Å². The van der Waals surface area contributed by atoms with Gasteiger partial charge in [-0.25, -0.2) is 0 Å². The first-order valence-electron chi connectivity index (χ1n) is 5.59. The number of hydrogen-bond donors (Lipinski definition) is 1. The normalized spacial score (nSPS) is 15.4. The van der Waals surface area contributed by atoms with Gasteiger partial charge in [0.1, 0.15) is 0 Å². The van der Waals surface area contributed by atoms with Crippen LogP contribution in [-0.4, -0.2) is 36.0 Å². The van der Waals surface area contributed by atoms with Crippen LogP contribution in [0.3, 0.4) is 0 Å². The SMILES string of the molecule is CC(C#N)CN(C)C(C)C(=O)NC(C)(C)C. The molecule has 0 aromatic carbocycles. The molecule has 16 heavy (non-hydrogen) atoms. The summed E-state index contributed by atoms with van der Waals surface area (Å²) >= 11 is 0. The number of carbonyl (C=O) groups excluding carboxylic acids is 1. The van der Waals surface area contributed by atoms with Crippen LogP contribution in [0, 0.1) is 17.2 Å². The average molecular weight is 225 g/mol. The molecule has 0 saturated heterocycles. The second-order valence-electron chi connectivity index (χ2n) is 5.38. The van der Waals surface area contributed by atoms with Gasteiger partial charge in [-0.1, -0.05) is 0 Å². The van der Waals surface area contributed by atoms with E-state index in [4.69, 9.17) is 5.26 Å². The van der Waals surface area contributed by atoms with Crippen LogP contribution in [-0.2, 0) is 4.79 Å². The first kappa shape index (κ1) is 14.9. The van der Waals surface area contributed by atoms with Gasteiger partial charge in [0.25, 0.3) is 0 Å². The monoisotopic (exact) mass is 225 g/mol. The largest absolute Gasteiger partial charge is 0.350 e. The molecule has 4 heteroatoms. The molecule has 0 spiro atoms. The van der Waals surface area contributed by atoms with Gasteiger partial charge in [-0.15, -0.1) is 0 Å². The topological polar surface area (TPSA) is 56.1 Å². The zero-order valence-corrected chi connectivity index (χ0v) is 11.2. The maximum atomic E-state index is 11.8. The standard InChI is InChI=1S/C12H23N3O/c1-9(7-13)8-15(6)10(2)11(16)14-12(3,4)5/h9-10H,8H2,1-6H3,(H,14,16). The van der Waals surface area contributed by atoms with Gasteiger partial charge in [0.15, 0.2) is 0 Å². The minimum absolute atomic E-state index is 0.000129. The molecule has 0 fully saturated rings. The van der Waals surface area contributed by atoms with E-state index in [2.05, 4.69) is 11.4 Å². The number of nitriles is 1. The Morgan fingerprint density at radius 1 is 1.44 bits per heavy atom. The highest BCUT2D eigenvalue weighted by molar-refractivity contribution is 5.81. The maximum absolute atomic E-state index is 11.8. The molecule has 4 nitrogen and oxygen atoms in total. The Balaban J connectivity index is 4.28. The third-order valence-corrected chi connectivity index (χ3v) is 2.32. The fraction of sp³-hybridized carbons (Fsp3) is 0.833. The zero-order valence-electron chi connectivity index (χ0n) is 11.2. The fourth-order valence-corrected chi connectivity index (χ4v) is 1.31. The smallest absolute Gasteiger partial charge is 0.237 e. The van der Waals surface area contributed by atoms with Crippen molar-refractivity contribution in [3.05, 3.63) is 0 Å². The van der Waals surface area contributed by atoms with Gasteiger partial charge in [-0.05, 0) is 41.7 Å². The number of likely N-dealkylation sites (N-methyl/N-ethyl adjacent to an activating group) is 1. The molecule has 2 atom stereocenters. The molecule has 0 saturated carbocycles. The fourth-order valence-electron chi connectivity index (χ4n) is 1.31. The average Bonchev–Trinajstić information content (AvgIpc) is 2.13. The Morgan fingerprint density at radius 3 is 2.31 bits per heavy atom. The van der Waals surface area contributed by atoms with E-state index in [1.54, 1.807) is 0 Å². The van der Waals surface area contributed by atoms with E-state index in [0.29, 0.717) is 6.54 Å². The van der Waals surface area contributed by atoms with Crippen LogP contribution in [0.2, 0.25) is 0 Å². The Kier molecular flexibility index (Phi) is 5.46. The molecule has 92 valence electrons. The molecule has 0 aliphatic carbocycles. The van der Waals surface area contributed by atoms with E-state index in [1.807, 2.05) is 46.6 Å². The lowest BCUT2D eigenvalue weighted by Gasteiger charge is -2.28. The van der Waals surface area contributed by atoms with Gasteiger partial charge >= 0.3 is 0 Å². The molecule has 2 unspecified atom stereocenters. The minimum atomic E-state index is -0.215. The van der Waals surface area contributed by atoms with Gasteiger partial charge in [0, 0.05) is 12.1 Å². The number of hydrogen-bond acceptors (Lipinski definition) is 3. The lowest BCUT2D eigenvalue weighted by Crippen LogP contribution is -2.50. The van der Waals surface area contributed by atoms with Gasteiger partial charge in [0.05, 0.1) is 18.0 Å². The summed E-state index contributed by atoms with van der Waals surface area (Å²) in [6.07, 6.45) is 0. The summed E-state index contributed by atoms with van der Waals surface area (Å²) in [6, 6.07) is 1.95. The Bertz CT molecular complexity index is 275. The molecule has 0 aliphatic heterocycles. The Hall–Kier alpha value is -1.08. The third kappa shape index (κ3) is 5.72. The second-order valence-corrected chi connectivity index (χ2v) is 5.38. The lowest BCUT2D eigenvalue weighted by molar-refractivity contribution is -0.126. The van der Waals surface area contributed by atoms with E-state index in [-0.39, 0.29) is 23.4 Å². The molecular formula is C12H23N3O. The number of nitrogens with zero attached hydrogens (tertiary/aromatic N) is 2. The lowest BCUT2D eigenvalue weighted by atomic mass is 10.1. The van der Waals surface area contributed by atoms with Crippen LogP contribution in [0.5, 0.6) is 0 Å². The van der Waals surface area contributed by atoms with Crippen molar-refractivity contribution in [1.82, 2.24) is 10.2 Å². The molecule has 0 heterocycles. The first-order valence-corrected chi connectivity index (χ1v) is 5.59. The highest BCUT2D eigenvalue weighted by atomic mass is 16.2. The summed E-state index contributed by atoms with van der Waals surface area (Å²) < 4.78 is 0. The van der Waals surface area contributed by atoms with Crippen molar-refractivity contribution in [3.8, 4) is 6.07 Å². The van der Waals surface area contributed by atoms with Crippen LogP contribution in [0.4, 0.5) is 0 Å². The Labute approximate surface area is 98.6 Å². The highest BCUT2D eigenvalue weighted by Crippen LogP contribution is 2.05. The predicted molar refractivity (Wildman–Crippen MR) is 64.8 cm³/mol. The quantitative estimate of drug-likeness (QED) is 0.786. The molecule has 1 N–H and O–H groups in total. The van der Waals surface area contributed by atoms with Crippen LogP contribution < -0.4 is 5.32 Å². The van der Waals surface area contributed by atoms with Crippen molar-refractivity contribution in [2.24, 2.45) is 5.92 Å². The van der Waals surface area contributed by atoms with E-state index in [1.165, 1.54) is 0 Å². The van der Waals surface area contributed by atoms with Crippen LogP contribution in [0.1, 0.15) is 34.6 Å². The minimum Gasteiger partial charge on any atom is -0.350 e. The highest BCUT2D eigenvalue weighted by Gasteiger charge is 2.23. The van der Waals surface area contributed by atoms with Gasteiger partial charge < -0.3 is 5.32 Å². The predicted octanol–water partition coefficient (Wildman–Crippen LogP) is 1.38. The van der Waals surface area contributed by atoms with Crippen LogP contribution in [0.25, 0.3) is 0 Å². The van der Waals surface area contributed by atoms with Crippen molar-refractivity contribution >= 4 is 5.91 Å². The van der Waals surface area contributed by atoms with Crippen LogP contribution in [0.15, 0.2) is 0 Å². The summed E-state index contributed by atoms with van der Waals surface area (Å²) in [7, 11) is 1.86. The summed E-state index contributed by atoms with van der Waals surface area (Å²) in [6.45, 7) is 10.2. The summed E-state index contributed by atoms with van der Waals surface area (Å²) in [5.74, 6) is -0.0602. The second kappa shape index (κ2) is 5.86. The number of carbonyl (C=O) groups is 1. The number of rotatable bonds is 4. The molecular weight excluding hydrogens is 202 g/mol. The molecule has 0 aromatic rings. The molecule has 1 amide bonds. The van der Waals surface area contributed by atoms with Crippen LogP contribution >= 0.6 is 0 Å². The van der Waals surface area contributed by atoms with Gasteiger partial charge in [-0.2, -0.15) is 5.26 Å². The number of nitrogens with one attached hydrogen (secondary N) is 1. The van der Waals surface area contributed by atoms with Crippen molar-refractivity contribution in [3.63, 3.8) is 0 Å². The van der Waals surface area contributed by atoms with Gasteiger partial charge in [-0.3, -0.25) is 9.69 Å². The molecule has 0 bridgehead atoms. The summed E-state index contributed by atoms with van der Waals surface area (Å²) in [5, 5.41) is 11.6.